The second-order valence-corrected chi connectivity index (χ2v) is 8.27. The molecule has 1 aromatic heterocycles. The molecule has 27 heavy (non-hydrogen) atoms. The standard InChI is InChI=1S/C20H25N3O3S/c24-18(22-11-5-1-6-12-22)17(19(25)23-13-7-2-8-14-23)27-20-21-15-9-3-4-10-16(15)26-20/h3-4,9-10,17H,1-2,5-8,11-14H2. The third kappa shape index (κ3) is 4.13. The molecule has 6 nitrogen and oxygen atoms in total. The fourth-order valence-corrected chi connectivity index (χ4v) is 4.76. The predicted octanol–water partition coefficient (Wildman–Crippen LogP) is 3.31. The molecule has 2 aromatic rings. The number of hydrogen-bond donors (Lipinski definition) is 0. The number of thioether (sulfide) groups is 1. The summed E-state index contributed by atoms with van der Waals surface area (Å²) in [6, 6.07) is 7.50. The van der Waals surface area contributed by atoms with E-state index in [-0.39, 0.29) is 11.8 Å². The summed E-state index contributed by atoms with van der Waals surface area (Å²) >= 11 is 1.16. The van der Waals surface area contributed by atoms with Crippen LogP contribution in [0.25, 0.3) is 11.1 Å². The molecule has 2 aliphatic rings. The van der Waals surface area contributed by atoms with E-state index >= 15 is 0 Å². The van der Waals surface area contributed by atoms with Gasteiger partial charge in [-0.3, -0.25) is 9.59 Å². The first kappa shape index (κ1) is 18.3. The molecule has 7 heteroatoms. The van der Waals surface area contributed by atoms with Gasteiger partial charge in [-0.2, -0.15) is 0 Å². The smallest absolute Gasteiger partial charge is 0.258 e. The number of benzene rings is 1. The van der Waals surface area contributed by atoms with Crippen molar-refractivity contribution in [2.24, 2.45) is 0 Å². The quantitative estimate of drug-likeness (QED) is 0.595. The van der Waals surface area contributed by atoms with Gasteiger partial charge < -0.3 is 14.2 Å². The molecule has 144 valence electrons. The highest BCUT2D eigenvalue weighted by Crippen LogP contribution is 2.30. The van der Waals surface area contributed by atoms with E-state index in [9.17, 15) is 9.59 Å². The van der Waals surface area contributed by atoms with Gasteiger partial charge in [-0.25, -0.2) is 4.98 Å². The second kappa shape index (κ2) is 8.33. The zero-order chi connectivity index (χ0) is 18.6. The summed E-state index contributed by atoms with van der Waals surface area (Å²) in [5.74, 6) is -0.199. The van der Waals surface area contributed by atoms with Crippen molar-refractivity contribution >= 4 is 34.7 Å². The first-order chi connectivity index (χ1) is 13.2. The van der Waals surface area contributed by atoms with Crippen molar-refractivity contribution < 1.29 is 14.0 Å². The van der Waals surface area contributed by atoms with Crippen molar-refractivity contribution in [2.45, 2.75) is 49.0 Å². The molecule has 0 N–H and O–H groups in total. The Morgan fingerprint density at radius 3 is 2.00 bits per heavy atom. The number of fused-ring (bicyclic) bond motifs is 1. The number of hydrogen-bond acceptors (Lipinski definition) is 5. The highest BCUT2D eigenvalue weighted by Gasteiger charge is 2.37. The van der Waals surface area contributed by atoms with E-state index in [1.807, 2.05) is 34.1 Å². The average Bonchev–Trinajstić information content (AvgIpc) is 3.15. The van der Waals surface area contributed by atoms with Crippen LogP contribution in [-0.4, -0.2) is 58.0 Å². The van der Waals surface area contributed by atoms with Gasteiger partial charge in [-0.1, -0.05) is 12.1 Å². The predicted molar refractivity (Wildman–Crippen MR) is 105 cm³/mol. The zero-order valence-corrected chi connectivity index (χ0v) is 16.2. The molecule has 0 unspecified atom stereocenters. The molecule has 2 fully saturated rings. The molecule has 0 atom stereocenters. The van der Waals surface area contributed by atoms with E-state index < -0.39 is 5.25 Å². The summed E-state index contributed by atoms with van der Waals surface area (Å²) in [4.78, 5) is 34.5. The topological polar surface area (TPSA) is 66.7 Å². The van der Waals surface area contributed by atoms with Crippen LogP contribution in [0.2, 0.25) is 0 Å². The second-order valence-electron chi connectivity index (χ2n) is 7.22. The van der Waals surface area contributed by atoms with Crippen molar-refractivity contribution in [3.63, 3.8) is 0 Å². The van der Waals surface area contributed by atoms with Crippen LogP contribution in [-0.2, 0) is 9.59 Å². The maximum absolute atomic E-state index is 13.2. The van der Waals surface area contributed by atoms with Crippen LogP contribution in [0, 0.1) is 0 Å². The number of aromatic nitrogens is 1. The van der Waals surface area contributed by atoms with Crippen molar-refractivity contribution in [1.29, 1.82) is 0 Å². The number of likely N-dealkylation sites (tertiary alicyclic amines) is 2. The fraction of sp³-hybridized carbons (Fsp3) is 0.550. The third-order valence-corrected chi connectivity index (χ3v) is 6.29. The number of amides is 2. The number of nitrogens with zero attached hydrogens (tertiary/aromatic N) is 3. The highest BCUT2D eigenvalue weighted by molar-refractivity contribution is 8.01. The summed E-state index contributed by atoms with van der Waals surface area (Å²) in [6.45, 7) is 2.93. The van der Waals surface area contributed by atoms with Crippen LogP contribution in [0.1, 0.15) is 38.5 Å². The minimum Gasteiger partial charge on any atom is -0.431 e. The van der Waals surface area contributed by atoms with Crippen LogP contribution in [0.5, 0.6) is 0 Å². The molecule has 0 bridgehead atoms. The lowest BCUT2D eigenvalue weighted by Crippen LogP contribution is -2.49. The lowest BCUT2D eigenvalue weighted by atomic mass is 10.1. The van der Waals surface area contributed by atoms with Crippen LogP contribution >= 0.6 is 11.8 Å². The molecular formula is C20H25N3O3S. The number of para-hydroxylation sites is 2. The number of carbonyl (C=O) groups is 2. The first-order valence-corrected chi connectivity index (χ1v) is 10.7. The molecule has 2 aliphatic heterocycles. The number of carbonyl (C=O) groups excluding carboxylic acids is 2. The molecule has 3 heterocycles. The Morgan fingerprint density at radius 2 is 1.44 bits per heavy atom. The fourth-order valence-electron chi connectivity index (χ4n) is 3.77. The van der Waals surface area contributed by atoms with E-state index in [2.05, 4.69) is 4.98 Å². The van der Waals surface area contributed by atoms with Crippen LogP contribution in [0.4, 0.5) is 0 Å². The molecule has 0 spiro atoms. The Bertz CT molecular complexity index is 747. The van der Waals surface area contributed by atoms with Gasteiger partial charge in [0.05, 0.1) is 0 Å². The lowest BCUT2D eigenvalue weighted by Gasteiger charge is -2.33. The SMILES string of the molecule is O=C(C(Sc1nc2ccccc2o1)C(=O)N1CCCCC1)N1CCCCC1. The Balaban J connectivity index is 1.57. The van der Waals surface area contributed by atoms with Gasteiger partial charge in [-0.15, -0.1) is 0 Å². The number of rotatable bonds is 4. The first-order valence-electron chi connectivity index (χ1n) is 9.82. The van der Waals surface area contributed by atoms with Gasteiger partial charge in [0.1, 0.15) is 5.52 Å². The Hall–Kier alpha value is -2.02. The molecule has 0 saturated carbocycles. The third-order valence-electron chi connectivity index (χ3n) is 5.28. The van der Waals surface area contributed by atoms with Crippen molar-refractivity contribution in [3.05, 3.63) is 24.3 Å². The summed E-state index contributed by atoms with van der Waals surface area (Å²) in [6.07, 6.45) is 6.31. The number of piperidine rings is 2. The van der Waals surface area contributed by atoms with Gasteiger partial charge in [0.25, 0.3) is 5.22 Å². The molecular weight excluding hydrogens is 362 g/mol. The van der Waals surface area contributed by atoms with E-state index in [0.717, 1.165) is 82.0 Å². The van der Waals surface area contributed by atoms with E-state index in [0.29, 0.717) is 10.8 Å². The molecule has 2 amide bonds. The largest absolute Gasteiger partial charge is 0.431 e. The van der Waals surface area contributed by atoms with Gasteiger partial charge in [0.15, 0.2) is 10.8 Å². The van der Waals surface area contributed by atoms with Crippen LogP contribution in [0.15, 0.2) is 33.9 Å². The van der Waals surface area contributed by atoms with Crippen LogP contribution in [0.3, 0.4) is 0 Å². The highest BCUT2D eigenvalue weighted by atomic mass is 32.2. The minimum atomic E-state index is -0.811. The van der Waals surface area contributed by atoms with Gasteiger partial charge in [-0.05, 0) is 62.4 Å². The normalized spacial score (nSPS) is 18.3. The lowest BCUT2D eigenvalue weighted by molar-refractivity contribution is -0.140. The summed E-state index contributed by atoms with van der Waals surface area (Å²) in [5.41, 5.74) is 1.42. The Morgan fingerprint density at radius 1 is 0.889 bits per heavy atom. The Kier molecular flexibility index (Phi) is 5.66. The van der Waals surface area contributed by atoms with Gasteiger partial charge in [0.2, 0.25) is 11.8 Å². The monoisotopic (exact) mass is 387 g/mol. The maximum Gasteiger partial charge on any atom is 0.258 e. The van der Waals surface area contributed by atoms with E-state index in [1.165, 1.54) is 0 Å². The summed E-state index contributed by atoms with van der Waals surface area (Å²) in [5, 5.41) is -0.425. The Labute approximate surface area is 163 Å². The minimum absolute atomic E-state index is 0.0995. The number of oxazole rings is 1. The average molecular weight is 388 g/mol. The van der Waals surface area contributed by atoms with Crippen molar-refractivity contribution in [2.75, 3.05) is 26.2 Å². The van der Waals surface area contributed by atoms with Gasteiger partial charge >= 0.3 is 0 Å². The molecule has 2 saturated heterocycles. The van der Waals surface area contributed by atoms with E-state index in [4.69, 9.17) is 4.42 Å². The molecule has 0 radical (unpaired) electrons. The molecule has 0 aliphatic carbocycles. The molecule has 4 rings (SSSR count). The summed E-state index contributed by atoms with van der Waals surface area (Å²) in [7, 11) is 0. The zero-order valence-electron chi connectivity index (χ0n) is 15.4. The van der Waals surface area contributed by atoms with E-state index in [1.54, 1.807) is 0 Å². The van der Waals surface area contributed by atoms with Crippen molar-refractivity contribution in [3.8, 4) is 0 Å². The molecule has 1 aromatic carbocycles. The van der Waals surface area contributed by atoms with Crippen molar-refractivity contribution in [1.82, 2.24) is 14.8 Å². The summed E-state index contributed by atoms with van der Waals surface area (Å²) < 4.78 is 5.78. The maximum atomic E-state index is 13.2. The van der Waals surface area contributed by atoms with Gasteiger partial charge in [0, 0.05) is 26.2 Å². The van der Waals surface area contributed by atoms with Crippen LogP contribution < -0.4 is 0 Å².